The zero-order chi connectivity index (χ0) is 8.27. The minimum atomic E-state index is -0.495. The normalized spacial score (nSPS) is 9.18. The molecule has 0 aliphatic heterocycles. The van der Waals surface area contributed by atoms with E-state index in [4.69, 9.17) is 11.8 Å². The quantitative estimate of drug-likeness (QED) is 0.423. The van der Waals surface area contributed by atoms with Gasteiger partial charge in [-0.1, -0.05) is 12.1 Å². The first-order valence-corrected chi connectivity index (χ1v) is 3.23. The van der Waals surface area contributed by atoms with E-state index in [0.29, 0.717) is 5.69 Å². The van der Waals surface area contributed by atoms with Gasteiger partial charge in [-0.15, -0.1) is 0 Å². The molecule has 1 rings (SSSR count). The van der Waals surface area contributed by atoms with Crippen molar-refractivity contribution in [3.63, 3.8) is 0 Å². The lowest BCUT2D eigenvalue weighted by atomic mass is 10.3. The Bertz CT molecular complexity index is 277. The van der Waals surface area contributed by atoms with Crippen LogP contribution in [0.25, 0.3) is 0 Å². The lowest BCUT2D eigenvalue weighted by molar-refractivity contribution is -0.383. The topological polar surface area (TPSA) is 55.2 Å². The Kier molecular flexibility index (Phi) is 2.28. The zero-order valence-electron chi connectivity index (χ0n) is 5.45. The molecule has 0 atom stereocenters. The molecule has 0 amide bonds. The number of anilines is 1. The second-order valence-corrected chi connectivity index (χ2v) is 2.06. The molecule has 0 saturated carbocycles. The van der Waals surface area contributed by atoms with Crippen LogP contribution in [0.5, 0.6) is 0 Å². The van der Waals surface area contributed by atoms with Gasteiger partial charge in [-0.25, -0.2) is 0 Å². The molecule has 1 aromatic rings. The van der Waals surface area contributed by atoms with Gasteiger partial charge in [-0.05, 0) is 6.07 Å². The number of hydrogen-bond acceptors (Lipinski definition) is 3. The summed E-state index contributed by atoms with van der Waals surface area (Å²) < 4.78 is 0. The van der Waals surface area contributed by atoms with E-state index >= 15 is 0 Å². The van der Waals surface area contributed by atoms with Gasteiger partial charge in [0.2, 0.25) is 0 Å². The summed E-state index contributed by atoms with van der Waals surface area (Å²) in [5, 5.41) is 10.3. The number of para-hydroxylation sites is 2. The fourth-order valence-corrected chi connectivity index (χ4v) is 0.873. The van der Waals surface area contributed by atoms with Crippen molar-refractivity contribution in [2.45, 2.75) is 0 Å². The number of nitro groups is 1. The van der Waals surface area contributed by atoms with Gasteiger partial charge in [0.15, 0.2) is 0 Å². The number of nitro benzene ring substituents is 1. The molecule has 1 N–H and O–H groups in total. The molecule has 1 aromatic carbocycles. The number of halogens is 1. The van der Waals surface area contributed by atoms with Gasteiger partial charge < -0.3 is 0 Å². The van der Waals surface area contributed by atoms with Gasteiger partial charge in [0.05, 0.1) is 4.92 Å². The highest BCUT2D eigenvalue weighted by molar-refractivity contribution is 6.24. The van der Waals surface area contributed by atoms with Crippen molar-refractivity contribution in [3.05, 3.63) is 34.4 Å². The average molecular weight is 173 g/mol. The fraction of sp³-hybridized carbons (Fsp3) is 0. The van der Waals surface area contributed by atoms with E-state index in [1.165, 1.54) is 12.1 Å². The van der Waals surface area contributed by atoms with Gasteiger partial charge >= 0.3 is 0 Å². The Hall–Kier alpha value is -1.29. The van der Waals surface area contributed by atoms with Crippen LogP contribution in [-0.2, 0) is 0 Å². The zero-order valence-corrected chi connectivity index (χ0v) is 6.21. The van der Waals surface area contributed by atoms with E-state index < -0.39 is 4.92 Å². The van der Waals surface area contributed by atoms with Crippen molar-refractivity contribution in [3.8, 4) is 0 Å². The van der Waals surface area contributed by atoms with Crippen molar-refractivity contribution in [2.24, 2.45) is 0 Å². The highest BCUT2D eigenvalue weighted by Gasteiger charge is 2.09. The molecule has 0 saturated heterocycles. The SMILES string of the molecule is O=[N+]([O-])c1ccccc1NCl. The summed E-state index contributed by atoms with van der Waals surface area (Å²) in [6, 6.07) is 6.16. The predicted molar refractivity (Wildman–Crippen MR) is 42.6 cm³/mol. The number of benzene rings is 1. The minimum Gasteiger partial charge on any atom is -0.292 e. The molecule has 58 valence electrons. The Morgan fingerprint density at radius 3 is 2.55 bits per heavy atom. The van der Waals surface area contributed by atoms with Crippen molar-refractivity contribution >= 4 is 23.2 Å². The van der Waals surface area contributed by atoms with Crippen LogP contribution in [0, 0.1) is 10.1 Å². The number of rotatable bonds is 2. The highest BCUT2D eigenvalue weighted by atomic mass is 35.5. The lowest BCUT2D eigenvalue weighted by Gasteiger charge is -1.97. The molecule has 0 bridgehead atoms. The first kappa shape index (κ1) is 7.81. The molecule has 0 aliphatic rings. The van der Waals surface area contributed by atoms with Crippen LogP contribution in [-0.4, -0.2) is 4.92 Å². The lowest BCUT2D eigenvalue weighted by Crippen LogP contribution is -1.91. The molecule has 0 radical (unpaired) electrons. The third-order valence-corrected chi connectivity index (χ3v) is 1.41. The largest absolute Gasteiger partial charge is 0.293 e. The van der Waals surface area contributed by atoms with Crippen LogP contribution in [0.4, 0.5) is 11.4 Å². The first-order chi connectivity index (χ1) is 5.25. The molecule has 0 unspecified atom stereocenters. The molecular formula is C6H5ClN2O2. The van der Waals surface area contributed by atoms with Gasteiger partial charge in [-0.2, -0.15) is 0 Å². The molecule has 0 fully saturated rings. The molecule has 0 spiro atoms. The molecule has 5 heteroatoms. The molecule has 11 heavy (non-hydrogen) atoms. The monoisotopic (exact) mass is 172 g/mol. The Morgan fingerprint density at radius 1 is 1.45 bits per heavy atom. The summed E-state index contributed by atoms with van der Waals surface area (Å²) in [5.74, 6) is 0. The smallest absolute Gasteiger partial charge is 0.292 e. The van der Waals surface area contributed by atoms with Crippen LogP contribution in [0.2, 0.25) is 0 Å². The van der Waals surface area contributed by atoms with Crippen LogP contribution in [0.3, 0.4) is 0 Å². The fourth-order valence-electron chi connectivity index (χ4n) is 0.713. The highest BCUT2D eigenvalue weighted by Crippen LogP contribution is 2.23. The summed E-state index contributed by atoms with van der Waals surface area (Å²) in [7, 11) is 0. The van der Waals surface area contributed by atoms with Gasteiger partial charge in [0.1, 0.15) is 5.69 Å². The van der Waals surface area contributed by atoms with Crippen molar-refractivity contribution in [1.29, 1.82) is 0 Å². The molecule has 4 nitrogen and oxygen atoms in total. The predicted octanol–water partition coefficient (Wildman–Crippen LogP) is 2.16. The van der Waals surface area contributed by atoms with Crippen LogP contribution in [0.15, 0.2) is 24.3 Å². The second-order valence-electron chi connectivity index (χ2n) is 1.87. The maximum absolute atomic E-state index is 10.3. The third-order valence-electron chi connectivity index (χ3n) is 1.20. The summed E-state index contributed by atoms with van der Waals surface area (Å²) in [6.45, 7) is 0. The van der Waals surface area contributed by atoms with E-state index in [-0.39, 0.29) is 5.69 Å². The van der Waals surface area contributed by atoms with E-state index in [0.717, 1.165) is 0 Å². The number of nitrogens with one attached hydrogen (secondary N) is 1. The summed E-state index contributed by atoms with van der Waals surface area (Å²) in [6.07, 6.45) is 0. The summed E-state index contributed by atoms with van der Waals surface area (Å²) in [5.41, 5.74) is 0.279. The van der Waals surface area contributed by atoms with Gasteiger partial charge in [0.25, 0.3) is 5.69 Å². The van der Waals surface area contributed by atoms with Crippen molar-refractivity contribution in [1.82, 2.24) is 0 Å². The maximum atomic E-state index is 10.3. The van der Waals surface area contributed by atoms with E-state index in [2.05, 4.69) is 4.84 Å². The minimum absolute atomic E-state index is 0.0255. The Morgan fingerprint density at radius 2 is 2.09 bits per heavy atom. The van der Waals surface area contributed by atoms with E-state index in [1.54, 1.807) is 12.1 Å². The first-order valence-electron chi connectivity index (χ1n) is 2.86. The maximum Gasteiger partial charge on any atom is 0.293 e. The van der Waals surface area contributed by atoms with Gasteiger partial charge in [-0.3, -0.25) is 15.0 Å². The van der Waals surface area contributed by atoms with E-state index in [1.807, 2.05) is 0 Å². The average Bonchev–Trinajstić information content (AvgIpc) is 2.04. The third kappa shape index (κ3) is 1.59. The second kappa shape index (κ2) is 3.21. The summed E-state index contributed by atoms with van der Waals surface area (Å²) in [4.78, 5) is 12.0. The Balaban J connectivity index is 3.12. The van der Waals surface area contributed by atoms with Crippen LogP contribution >= 0.6 is 11.8 Å². The number of hydrogen-bond donors (Lipinski definition) is 1. The Labute approximate surface area is 68.0 Å². The standard InChI is InChI=1S/C6H5ClN2O2/c7-8-5-3-1-2-4-6(5)9(10)11/h1-4,8H. The molecule has 0 aliphatic carbocycles. The molecular weight excluding hydrogens is 168 g/mol. The van der Waals surface area contributed by atoms with Gasteiger partial charge in [0, 0.05) is 17.8 Å². The van der Waals surface area contributed by atoms with Crippen molar-refractivity contribution in [2.75, 3.05) is 4.84 Å². The van der Waals surface area contributed by atoms with E-state index in [9.17, 15) is 10.1 Å². The van der Waals surface area contributed by atoms with Crippen LogP contribution < -0.4 is 4.84 Å². The van der Waals surface area contributed by atoms with Crippen LogP contribution in [0.1, 0.15) is 0 Å². The molecule has 0 heterocycles. The number of nitrogens with zero attached hydrogens (tertiary/aromatic N) is 1. The summed E-state index contributed by atoms with van der Waals surface area (Å²) >= 11 is 5.22. The molecule has 0 aromatic heterocycles. The van der Waals surface area contributed by atoms with Crippen molar-refractivity contribution < 1.29 is 4.92 Å².